The predicted molar refractivity (Wildman–Crippen MR) is 65.4 cm³/mol. The third-order valence-corrected chi connectivity index (χ3v) is 4.90. The van der Waals surface area contributed by atoms with Gasteiger partial charge in [-0.25, -0.2) is 0 Å². The maximum Gasteiger partial charge on any atom is 0.111 e. The van der Waals surface area contributed by atoms with Gasteiger partial charge in [0.2, 0.25) is 0 Å². The van der Waals surface area contributed by atoms with Crippen molar-refractivity contribution in [3.63, 3.8) is 0 Å². The van der Waals surface area contributed by atoms with Gasteiger partial charge in [0.25, 0.3) is 0 Å². The maximum atomic E-state index is 5.68. The molecule has 0 amide bonds. The van der Waals surface area contributed by atoms with Gasteiger partial charge in [-0.15, -0.1) is 0 Å². The summed E-state index contributed by atoms with van der Waals surface area (Å²) in [5.74, 6) is 2.02. The molecule has 1 nitrogen and oxygen atoms in total. The molecule has 0 bridgehead atoms. The summed E-state index contributed by atoms with van der Waals surface area (Å²) in [5.41, 5.74) is 4.83. The molecule has 1 aromatic rings. The first-order chi connectivity index (χ1) is 7.61. The van der Waals surface area contributed by atoms with Gasteiger partial charge >= 0.3 is 0 Å². The summed E-state index contributed by atoms with van der Waals surface area (Å²) in [6.07, 6.45) is 9.20. The van der Waals surface area contributed by atoms with Crippen LogP contribution in [0.15, 0.2) is 22.3 Å². The summed E-state index contributed by atoms with van der Waals surface area (Å²) in [6, 6.07) is 0. The molecule has 0 radical (unpaired) electrons. The fraction of sp³-hybridized carbons (Fsp3) is 0.600. The molecule has 0 fully saturated rings. The van der Waals surface area contributed by atoms with E-state index in [0.29, 0.717) is 5.41 Å². The van der Waals surface area contributed by atoms with Gasteiger partial charge in [0.1, 0.15) is 5.76 Å². The van der Waals surface area contributed by atoms with E-state index in [1.807, 2.05) is 6.26 Å². The van der Waals surface area contributed by atoms with Crippen LogP contribution in [0.25, 0.3) is 0 Å². The standard InChI is InChI=1S/C15H20O/c1-10-9-16-14-7-12-6-4-5-11(2)15(12,3)8-13(10)14/h6,9,11H,4-5,7-8H2,1-3H3/t11-,15+/m0/s1. The molecular weight excluding hydrogens is 196 g/mol. The first kappa shape index (κ1) is 10.2. The van der Waals surface area contributed by atoms with Crippen molar-refractivity contribution in [2.24, 2.45) is 11.3 Å². The Bertz CT molecular complexity index is 452. The zero-order valence-corrected chi connectivity index (χ0v) is 10.5. The molecule has 2 aliphatic rings. The Labute approximate surface area is 97.5 Å². The molecule has 1 heterocycles. The average Bonchev–Trinajstić information content (AvgIpc) is 2.59. The summed E-state index contributed by atoms with van der Waals surface area (Å²) < 4.78 is 5.68. The van der Waals surface area contributed by atoms with Crippen molar-refractivity contribution in [3.8, 4) is 0 Å². The SMILES string of the molecule is Cc1coc2c1C[C@@]1(C)C(=CCC[C@@H]1C)C2. The monoisotopic (exact) mass is 216 g/mol. The molecule has 0 unspecified atom stereocenters. The zero-order chi connectivity index (χ0) is 11.3. The Balaban J connectivity index is 2.09. The number of furan rings is 1. The summed E-state index contributed by atoms with van der Waals surface area (Å²) in [7, 11) is 0. The van der Waals surface area contributed by atoms with E-state index < -0.39 is 0 Å². The quantitative estimate of drug-likeness (QED) is 0.596. The summed E-state index contributed by atoms with van der Waals surface area (Å²) in [5, 5.41) is 0. The van der Waals surface area contributed by atoms with Gasteiger partial charge in [0, 0.05) is 6.42 Å². The molecule has 86 valence electrons. The number of rotatable bonds is 0. The Morgan fingerprint density at radius 2 is 2.25 bits per heavy atom. The second kappa shape index (κ2) is 3.26. The number of hydrogen-bond donors (Lipinski definition) is 0. The molecular formula is C15H20O. The van der Waals surface area contributed by atoms with Gasteiger partial charge in [-0.2, -0.15) is 0 Å². The molecule has 1 aromatic heterocycles. The van der Waals surface area contributed by atoms with Crippen LogP contribution in [0.3, 0.4) is 0 Å². The summed E-state index contributed by atoms with van der Waals surface area (Å²) in [6.45, 7) is 7.03. The second-order valence-electron chi connectivity index (χ2n) is 5.80. The largest absolute Gasteiger partial charge is 0.468 e. The predicted octanol–water partition coefficient (Wildman–Crippen LogP) is 4.05. The number of fused-ring (bicyclic) bond motifs is 2. The van der Waals surface area contributed by atoms with Gasteiger partial charge < -0.3 is 4.42 Å². The van der Waals surface area contributed by atoms with Crippen molar-refractivity contribution >= 4 is 0 Å². The van der Waals surface area contributed by atoms with Gasteiger partial charge in [-0.1, -0.05) is 25.5 Å². The highest BCUT2D eigenvalue weighted by molar-refractivity contribution is 5.39. The first-order valence-electron chi connectivity index (χ1n) is 6.36. The summed E-state index contributed by atoms with van der Waals surface area (Å²) in [4.78, 5) is 0. The minimum Gasteiger partial charge on any atom is -0.468 e. The van der Waals surface area contributed by atoms with E-state index >= 15 is 0 Å². The Morgan fingerprint density at radius 1 is 1.44 bits per heavy atom. The highest BCUT2D eigenvalue weighted by Crippen LogP contribution is 2.49. The van der Waals surface area contributed by atoms with Crippen LogP contribution in [0.1, 0.15) is 43.6 Å². The molecule has 16 heavy (non-hydrogen) atoms. The van der Waals surface area contributed by atoms with Gasteiger partial charge in [-0.3, -0.25) is 0 Å². The first-order valence-corrected chi connectivity index (χ1v) is 6.36. The van der Waals surface area contributed by atoms with E-state index in [-0.39, 0.29) is 0 Å². The number of hydrogen-bond acceptors (Lipinski definition) is 1. The zero-order valence-electron chi connectivity index (χ0n) is 10.5. The van der Waals surface area contributed by atoms with Crippen LogP contribution < -0.4 is 0 Å². The highest BCUT2D eigenvalue weighted by Gasteiger charge is 2.41. The molecule has 2 aliphatic carbocycles. The van der Waals surface area contributed by atoms with Crippen LogP contribution in [-0.2, 0) is 12.8 Å². The van der Waals surface area contributed by atoms with Crippen LogP contribution in [0.2, 0.25) is 0 Å². The van der Waals surface area contributed by atoms with Crippen molar-refractivity contribution in [3.05, 3.63) is 34.8 Å². The molecule has 0 spiro atoms. The smallest absolute Gasteiger partial charge is 0.111 e. The summed E-state index contributed by atoms with van der Waals surface area (Å²) >= 11 is 0. The van der Waals surface area contributed by atoms with Crippen molar-refractivity contribution in [1.82, 2.24) is 0 Å². The molecule has 3 rings (SSSR count). The fourth-order valence-electron chi connectivity index (χ4n) is 3.39. The van der Waals surface area contributed by atoms with Crippen molar-refractivity contribution in [1.29, 1.82) is 0 Å². The van der Waals surface area contributed by atoms with E-state index in [0.717, 1.165) is 12.3 Å². The van der Waals surface area contributed by atoms with Crippen LogP contribution >= 0.6 is 0 Å². The van der Waals surface area contributed by atoms with Crippen molar-refractivity contribution in [2.75, 3.05) is 0 Å². The lowest BCUT2D eigenvalue weighted by Crippen LogP contribution is -2.36. The third kappa shape index (κ3) is 1.24. The Morgan fingerprint density at radius 3 is 3.06 bits per heavy atom. The van der Waals surface area contributed by atoms with Crippen LogP contribution in [-0.4, -0.2) is 0 Å². The van der Waals surface area contributed by atoms with Crippen LogP contribution in [0.4, 0.5) is 0 Å². The average molecular weight is 216 g/mol. The molecule has 1 heteroatoms. The van der Waals surface area contributed by atoms with Gasteiger partial charge in [-0.05, 0) is 48.6 Å². The molecule has 0 aromatic carbocycles. The Kier molecular flexibility index (Phi) is 2.07. The van der Waals surface area contributed by atoms with E-state index in [9.17, 15) is 0 Å². The van der Waals surface area contributed by atoms with E-state index in [2.05, 4.69) is 26.8 Å². The lowest BCUT2D eigenvalue weighted by Gasteiger charge is -2.44. The number of allylic oxidation sites excluding steroid dienone is 2. The van der Waals surface area contributed by atoms with Gasteiger partial charge in [0.15, 0.2) is 0 Å². The lowest BCUT2D eigenvalue weighted by atomic mass is 9.60. The minimum atomic E-state index is 0.389. The fourth-order valence-corrected chi connectivity index (χ4v) is 3.39. The topological polar surface area (TPSA) is 13.1 Å². The lowest BCUT2D eigenvalue weighted by molar-refractivity contribution is 0.209. The number of aryl methyl sites for hydroxylation is 1. The minimum absolute atomic E-state index is 0.389. The van der Waals surface area contributed by atoms with Crippen LogP contribution in [0, 0.1) is 18.3 Å². The molecule has 2 atom stereocenters. The normalized spacial score (nSPS) is 32.9. The molecule has 0 saturated carbocycles. The van der Waals surface area contributed by atoms with Crippen molar-refractivity contribution < 1.29 is 4.42 Å². The Hall–Kier alpha value is -0.980. The van der Waals surface area contributed by atoms with Crippen molar-refractivity contribution in [2.45, 2.75) is 46.5 Å². The maximum absolute atomic E-state index is 5.68. The van der Waals surface area contributed by atoms with E-state index in [4.69, 9.17) is 4.42 Å². The molecule has 0 aliphatic heterocycles. The van der Waals surface area contributed by atoms with E-state index in [1.54, 1.807) is 5.57 Å². The van der Waals surface area contributed by atoms with Crippen LogP contribution in [0.5, 0.6) is 0 Å². The second-order valence-corrected chi connectivity index (χ2v) is 5.80. The third-order valence-electron chi connectivity index (χ3n) is 4.90. The molecule has 0 saturated heterocycles. The van der Waals surface area contributed by atoms with Gasteiger partial charge in [0.05, 0.1) is 6.26 Å². The van der Waals surface area contributed by atoms with E-state index in [1.165, 1.54) is 36.1 Å². The molecule has 0 N–H and O–H groups in total. The highest BCUT2D eigenvalue weighted by atomic mass is 16.3.